The second kappa shape index (κ2) is 5.06. The zero-order chi connectivity index (χ0) is 9.68. The predicted molar refractivity (Wildman–Crippen MR) is 57.2 cm³/mol. The highest BCUT2D eigenvalue weighted by Gasteiger charge is 2.05. The van der Waals surface area contributed by atoms with Gasteiger partial charge in [0.05, 0.1) is 6.10 Å². The molecule has 1 aromatic carbocycles. The zero-order valence-electron chi connectivity index (χ0n) is 7.20. The normalized spacial score (nSPS) is 12.1. The van der Waals surface area contributed by atoms with Crippen LogP contribution >= 0.6 is 15.9 Å². The highest BCUT2D eigenvalue weighted by Crippen LogP contribution is 2.21. The molecule has 13 heavy (non-hydrogen) atoms. The lowest BCUT2D eigenvalue weighted by Crippen LogP contribution is -1.96. The van der Waals surface area contributed by atoms with Gasteiger partial charge in [-0.1, -0.05) is 28.1 Å². The van der Waals surface area contributed by atoms with Gasteiger partial charge >= 0.3 is 0 Å². The predicted octanol–water partition coefficient (Wildman–Crippen LogP) is 2.90. The van der Waals surface area contributed by atoms with Gasteiger partial charge in [0.1, 0.15) is 0 Å². The fourth-order valence-electron chi connectivity index (χ4n) is 1.10. The summed E-state index contributed by atoms with van der Waals surface area (Å²) in [5, 5.41) is 9.66. The Bertz CT molecular complexity index is 314. The Kier molecular flexibility index (Phi) is 4.01. The smallest absolute Gasteiger partial charge is 0.0799 e. The van der Waals surface area contributed by atoms with Crippen molar-refractivity contribution in [2.75, 3.05) is 0 Å². The van der Waals surface area contributed by atoms with Crippen LogP contribution in [0, 0.1) is 12.3 Å². The lowest BCUT2D eigenvalue weighted by Gasteiger charge is -2.08. The average Bonchev–Trinajstić information content (AvgIpc) is 2.14. The van der Waals surface area contributed by atoms with E-state index in [4.69, 9.17) is 6.42 Å². The van der Waals surface area contributed by atoms with Crippen LogP contribution in [0.5, 0.6) is 0 Å². The number of hydrogen-bond donors (Lipinski definition) is 1. The molecule has 0 radical (unpaired) electrons. The zero-order valence-corrected chi connectivity index (χ0v) is 8.79. The fourth-order valence-corrected chi connectivity index (χ4v) is 1.52. The molecule has 0 saturated heterocycles. The molecule has 1 unspecified atom stereocenters. The molecule has 0 aliphatic rings. The SMILES string of the molecule is C#CCCC(O)c1cccc(Br)c1. The average molecular weight is 239 g/mol. The van der Waals surface area contributed by atoms with Gasteiger partial charge in [-0.2, -0.15) is 0 Å². The van der Waals surface area contributed by atoms with Crippen molar-refractivity contribution in [3.8, 4) is 12.3 Å². The first kappa shape index (κ1) is 10.3. The Morgan fingerprint density at radius 1 is 1.54 bits per heavy atom. The van der Waals surface area contributed by atoms with Crippen molar-refractivity contribution in [2.45, 2.75) is 18.9 Å². The molecule has 1 nitrogen and oxygen atoms in total. The summed E-state index contributed by atoms with van der Waals surface area (Å²) in [6, 6.07) is 7.63. The molecule has 0 bridgehead atoms. The Morgan fingerprint density at radius 2 is 2.31 bits per heavy atom. The maximum Gasteiger partial charge on any atom is 0.0799 e. The van der Waals surface area contributed by atoms with E-state index >= 15 is 0 Å². The first-order valence-corrected chi connectivity index (χ1v) is 4.90. The van der Waals surface area contributed by atoms with Crippen LogP contribution in [0.25, 0.3) is 0 Å². The van der Waals surface area contributed by atoms with Crippen molar-refractivity contribution in [3.63, 3.8) is 0 Å². The summed E-state index contributed by atoms with van der Waals surface area (Å²) in [6.45, 7) is 0. The molecule has 0 aromatic heterocycles. The first-order valence-electron chi connectivity index (χ1n) is 4.11. The standard InChI is InChI=1S/C11H11BrO/c1-2-3-7-11(13)9-5-4-6-10(12)8-9/h1,4-6,8,11,13H,3,7H2. The molecule has 2 heteroatoms. The van der Waals surface area contributed by atoms with Crippen LogP contribution < -0.4 is 0 Å². The van der Waals surface area contributed by atoms with Gasteiger partial charge in [0, 0.05) is 10.9 Å². The number of rotatable bonds is 3. The van der Waals surface area contributed by atoms with Crippen LogP contribution in [-0.4, -0.2) is 5.11 Å². The second-order valence-electron chi connectivity index (χ2n) is 2.81. The minimum absolute atomic E-state index is 0.450. The lowest BCUT2D eigenvalue weighted by atomic mass is 10.1. The molecule has 1 atom stereocenters. The van der Waals surface area contributed by atoms with Crippen LogP contribution in [-0.2, 0) is 0 Å². The summed E-state index contributed by atoms with van der Waals surface area (Å²) < 4.78 is 0.977. The van der Waals surface area contributed by atoms with E-state index in [-0.39, 0.29) is 0 Å². The molecule has 1 N–H and O–H groups in total. The minimum Gasteiger partial charge on any atom is -0.388 e. The number of hydrogen-bond acceptors (Lipinski definition) is 1. The third-order valence-electron chi connectivity index (χ3n) is 1.80. The van der Waals surface area contributed by atoms with Crippen molar-refractivity contribution in [3.05, 3.63) is 34.3 Å². The van der Waals surface area contributed by atoms with E-state index in [2.05, 4.69) is 21.9 Å². The van der Waals surface area contributed by atoms with Crippen molar-refractivity contribution in [1.82, 2.24) is 0 Å². The van der Waals surface area contributed by atoms with Crippen molar-refractivity contribution < 1.29 is 5.11 Å². The Labute approximate surface area is 86.9 Å². The van der Waals surface area contributed by atoms with Crippen molar-refractivity contribution >= 4 is 15.9 Å². The maximum absolute atomic E-state index is 9.66. The molecular weight excluding hydrogens is 228 g/mol. The van der Waals surface area contributed by atoms with E-state index in [9.17, 15) is 5.11 Å². The molecule has 0 heterocycles. The molecule has 0 aliphatic heterocycles. The van der Waals surface area contributed by atoms with Crippen molar-refractivity contribution in [1.29, 1.82) is 0 Å². The van der Waals surface area contributed by atoms with E-state index in [1.807, 2.05) is 24.3 Å². The van der Waals surface area contributed by atoms with Gasteiger partial charge in [-0.25, -0.2) is 0 Å². The van der Waals surface area contributed by atoms with E-state index in [1.54, 1.807) is 0 Å². The number of aliphatic hydroxyl groups is 1. The van der Waals surface area contributed by atoms with Crippen LogP contribution in [0.2, 0.25) is 0 Å². The summed E-state index contributed by atoms with van der Waals surface area (Å²) in [5.74, 6) is 2.51. The monoisotopic (exact) mass is 238 g/mol. The molecule has 0 fully saturated rings. The number of aliphatic hydroxyl groups excluding tert-OH is 1. The molecule has 0 saturated carbocycles. The summed E-state index contributed by atoms with van der Waals surface area (Å²) >= 11 is 3.35. The minimum atomic E-state index is -0.450. The molecular formula is C11H11BrO. The molecule has 68 valence electrons. The summed E-state index contributed by atoms with van der Waals surface area (Å²) in [5.41, 5.74) is 0.907. The largest absolute Gasteiger partial charge is 0.388 e. The van der Waals surface area contributed by atoms with Crippen LogP contribution in [0.4, 0.5) is 0 Å². The first-order chi connectivity index (χ1) is 6.24. The topological polar surface area (TPSA) is 20.2 Å². The van der Waals surface area contributed by atoms with E-state index in [0.29, 0.717) is 12.8 Å². The van der Waals surface area contributed by atoms with Crippen LogP contribution in [0.1, 0.15) is 24.5 Å². The van der Waals surface area contributed by atoms with Gasteiger partial charge in [0.15, 0.2) is 0 Å². The molecule has 1 aromatic rings. The van der Waals surface area contributed by atoms with Gasteiger partial charge in [0.25, 0.3) is 0 Å². The highest BCUT2D eigenvalue weighted by molar-refractivity contribution is 9.10. The third kappa shape index (κ3) is 3.22. The van der Waals surface area contributed by atoms with E-state index < -0.39 is 6.10 Å². The molecule has 1 rings (SSSR count). The molecule has 0 aliphatic carbocycles. The second-order valence-corrected chi connectivity index (χ2v) is 3.73. The number of halogens is 1. The maximum atomic E-state index is 9.66. The quantitative estimate of drug-likeness (QED) is 0.804. The van der Waals surface area contributed by atoms with Gasteiger partial charge in [-0.3, -0.25) is 0 Å². The van der Waals surface area contributed by atoms with Gasteiger partial charge < -0.3 is 5.11 Å². The lowest BCUT2D eigenvalue weighted by molar-refractivity contribution is 0.169. The Hall–Kier alpha value is -0.780. The van der Waals surface area contributed by atoms with Crippen LogP contribution in [0.3, 0.4) is 0 Å². The Balaban J connectivity index is 2.66. The summed E-state index contributed by atoms with van der Waals surface area (Å²) in [7, 11) is 0. The summed E-state index contributed by atoms with van der Waals surface area (Å²) in [6.07, 6.45) is 5.89. The van der Waals surface area contributed by atoms with E-state index in [1.165, 1.54) is 0 Å². The van der Waals surface area contributed by atoms with Gasteiger partial charge in [-0.15, -0.1) is 12.3 Å². The van der Waals surface area contributed by atoms with Crippen molar-refractivity contribution in [2.24, 2.45) is 0 Å². The fraction of sp³-hybridized carbons (Fsp3) is 0.273. The summed E-state index contributed by atoms with van der Waals surface area (Å²) in [4.78, 5) is 0. The molecule has 0 spiro atoms. The Morgan fingerprint density at radius 3 is 2.92 bits per heavy atom. The molecule has 0 amide bonds. The third-order valence-corrected chi connectivity index (χ3v) is 2.29. The van der Waals surface area contributed by atoms with Gasteiger partial charge in [0.2, 0.25) is 0 Å². The highest BCUT2D eigenvalue weighted by atomic mass is 79.9. The van der Waals surface area contributed by atoms with Gasteiger partial charge in [-0.05, 0) is 24.1 Å². The number of terminal acetylenes is 1. The number of benzene rings is 1. The van der Waals surface area contributed by atoms with Crippen LogP contribution in [0.15, 0.2) is 28.7 Å². The van der Waals surface area contributed by atoms with E-state index in [0.717, 1.165) is 10.0 Å².